The highest BCUT2D eigenvalue weighted by atomic mass is 35.5. The molecule has 1 aromatic heterocycles. The minimum atomic E-state index is 0.565. The highest BCUT2D eigenvalue weighted by Gasteiger charge is 2.10. The van der Waals surface area contributed by atoms with Crippen LogP contribution in [0, 0.1) is 0 Å². The van der Waals surface area contributed by atoms with Crippen molar-refractivity contribution in [1.82, 2.24) is 10.2 Å². The molecule has 0 radical (unpaired) electrons. The molecule has 0 saturated carbocycles. The number of nitrogens with zero attached hydrogens (tertiary/aromatic N) is 1. The molecule has 0 aliphatic rings. The summed E-state index contributed by atoms with van der Waals surface area (Å²) in [7, 11) is 1.60. The van der Waals surface area contributed by atoms with E-state index in [9.17, 15) is 0 Å². The zero-order chi connectivity index (χ0) is 10.8. The maximum atomic E-state index is 5.91. The number of nitrogen functional groups attached to an aromatic ring is 1. The topological polar surface area (TPSA) is 63.9 Å². The van der Waals surface area contributed by atoms with Gasteiger partial charge in [-0.15, -0.1) is 0 Å². The predicted octanol–water partition coefficient (Wildman–Crippen LogP) is 2.32. The number of aromatic nitrogens is 2. The van der Waals surface area contributed by atoms with Crippen LogP contribution in [-0.2, 0) is 0 Å². The van der Waals surface area contributed by atoms with Crippen molar-refractivity contribution in [3.8, 4) is 17.0 Å². The van der Waals surface area contributed by atoms with E-state index >= 15 is 0 Å². The molecule has 1 heterocycles. The number of H-pyrrole nitrogens is 1. The van der Waals surface area contributed by atoms with Crippen LogP contribution < -0.4 is 10.5 Å². The molecule has 0 aliphatic heterocycles. The van der Waals surface area contributed by atoms with Gasteiger partial charge < -0.3 is 10.5 Å². The predicted molar refractivity (Wildman–Crippen MR) is 60.0 cm³/mol. The van der Waals surface area contributed by atoms with Gasteiger partial charge in [0.1, 0.15) is 5.75 Å². The highest BCUT2D eigenvalue weighted by molar-refractivity contribution is 6.31. The van der Waals surface area contributed by atoms with Gasteiger partial charge >= 0.3 is 0 Å². The molecule has 4 nitrogen and oxygen atoms in total. The largest absolute Gasteiger partial charge is 0.496 e. The molecule has 0 bridgehead atoms. The van der Waals surface area contributed by atoms with E-state index in [1.807, 2.05) is 0 Å². The Kier molecular flexibility index (Phi) is 2.51. The van der Waals surface area contributed by atoms with Crippen LogP contribution in [-0.4, -0.2) is 17.3 Å². The average molecular weight is 224 g/mol. The SMILES string of the molecule is COc1ccc(Cl)cc1-c1[nH]ncc1N. The molecule has 0 amide bonds. The van der Waals surface area contributed by atoms with E-state index < -0.39 is 0 Å². The summed E-state index contributed by atoms with van der Waals surface area (Å²) in [6.45, 7) is 0. The number of ether oxygens (including phenoxy) is 1. The van der Waals surface area contributed by atoms with Gasteiger partial charge in [-0.05, 0) is 18.2 Å². The van der Waals surface area contributed by atoms with Crippen molar-refractivity contribution >= 4 is 17.3 Å². The summed E-state index contributed by atoms with van der Waals surface area (Å²) in [6.07, 6.45) is 1.55. The van der Waals surface area contributed by atoms with Crippen molar-refractivity contribution in [3.63, 3.8) is 0 Å². The monoisotopic (exact) mass is 223 g/mol. The van der Waals surface area contributed by atoms with Gasteiger partial charge in [-0.25, -0.2) is 0 Å². The Morgan fingerprint density at radius 3 is 2.87 bits per heavy atom. The Labute approximate surface area is 92.0 Å². The van der Waals surface area contributed by atoms with Gasteiger partial charge in [0.25, 0.3) is 0 Å². The van der Waals surface area contributed by atoms with Gasteiger partial charge in [-0.1, -0.05) is 11.6 Å². The van der Waals surface area contributed by atoms with Gasteiger partial charge in [0.2, 0.25) is 0 Å². The Balaban J connectivity index is 2.60. The van der Waals surface area contributed by atoms with Gasteiger partial charge in [0.05, 0.1) is 24.7 Å². The number of nitrogens with one attached hydrogen (secondary N) is 1. The zero-order valence-corrected chi connectivity index (χ0v) is 8.88. The molecule has 5 heteroatoms. The number of halogens is 1. The molecule has 2 aromatic rings. The standard InChI is InChI=1S/C10H10ClN3O/c1-15-9-3-2-6(11)4-7(9)10-8(12)5-13-14-10/h2-5H,12H2,1H3,(H,13,14). The summed E-state index contributed by atoms with van der Waals surface area (Å²) >= 11 is 5.91. The van der Waals surface area contributed by atoms with Crippen LogP contribution in [0.5, 0.6) is 5.75 Å². The fourth-order valence-corrected chi connectivity index (χ4v) is 1.56. The molecule has 0 spiro atoms. The lowest BCUT2D eigenvalue weighted by molar-refractivity contribution is 0.416. The summed E-state index contributed by atoms with van der Waals surface area (Å²) in [5.74, 6) is 0.704. The number of methoxy groups -OCH3 is 1. The quantitative estimate of drug-likeness (QED) is 0.821. The van der Waals surface area contributed by atoms with E-state index in [0.29, 0.717) is 22.2 Å². The fraction of sp³-hybridized carbons (Fsp3) is 0.100. The first-order chi connectivity index (χ1) is 7.22. The van der Waals surface area contributed by atoms with E-state index in [1.54, 1.807) is 31.5 Å². The molecular weight excluding hydrogens is 214 g/mol. The number of nitrogens with two attached hydrogens (primary N) is 1. The highest BCUT2D eigenvalue weighted by Crippen LogP contribution is 2.33. The molecule has 15 heavy (non-hydrogen) atoms. The second kappa shape index (κ2) is 3.82. The first-order valence-corrected chi connectivity index (χ1v) is 4.73. The third kappa shape index (κ3) is 1.76. The molecule has 0 fully saturated rings. The summed E-state index contributed by atoms with van der Waals surface area (Å²) < 4.78 is 5.22. The molecular formula is C10H10ClN3O. The fourth-order valence-electron chi connectivity index (χ4n) is 1.39. The van der Waals surface area contributed by atoms with Crippen LogP contribution in [0.3, 0.4) is 0 Å². The first kappa shape index (κ1) is 9.86. The second-order valence-corrected chi connectivity index (χ2v) is 3.48. The smallest absolute Gasteiger partial charge is 0.128 e. The lowest BCUT2D eigenvalue weighted by Gasteiger charge is -2.07. The van der Waals surface area contributed by atoms with Gasteiger partial charge in [-0.3, -0.25) is 5.10 Å². The molecule has 1 aromatic carbocycles. The number of rotatable bonds is 2. The zero-order valence-electron chi connectivity index (χ0n) is 8.12. The number of anilines is 1. The lowest BCUT2D eigenvalue weighted by atomic mass is 10.1. The first-order valence-electron chi connectivity index (χ1n) is 4.35. The van der Waals surface area contributed by atoms with Crippen molar-refractivity contribution in [2.75, 3.05) is 12.8 Å². The van der Waals surface area contributed by atoms with E-state index in [0.717, 1.165) is 5.56 Å². The normalized spacial score (nSPS) is 10.3. The number of benzene rings is 1. The van der Waals surface area contributed by atoms with Gasteiger partial charge in [0.15, 0.2) is 0 Å². The number of hydrogen-bond acceptors (Lipinski definition) is 3. The summed E-state index contributed by atoms with van der Waals surface area (Å²) in [5.41, 5.74) is 7.84. The maximum Gasteiger partial charge on any atom is 0.128 e. The Hall–Kier alpha value is -1.68. The number of hydrogen-bond donors (Lipinski definition) is 2. The summed E-state index contributed by atoms with van der Waals surface area (Å²) in [4.78, 5) is 0. The molecule has 3 N–H and O–H groups in total. The minimum Gasteiger partial charge on any atom is -0.496 e. The van der Waals surface area contributed by atoms with Crippen molar-refractivity contribution in [1.29, 1.82) is 0 Å². The van der Waals surface area contributed by atoms with E-state index in [1.165, 1.54) is 0 Å². The van der Waals surface area contributed by atoms with Crippen LogP contribution in [0.1, 0.15) is 0 Å². The van der Waals surface area contributed by atoms with Crippen LogP contribution in [0.2, 0.25) is 5.02 Å². The van der Waals surface area contributed by atoms with Crippen LogP contribution in [0.25, 0.3) is 11.3 Å². The Morgan fingerprint density at radius 2 is 2.27 bits per heavy atom. The molecule has 0 aliphatic carbocycles. The van der Waals surface area contributed by atoms with E-state index in [4.69, 9.17) is 22.1 Å². The Morgan fingerprint density at radius 1 is 1.47 bits per heavy atom. The minimum absolute atomic E-state index is 0.565. The van der Waals surface area contributed by atoms with Crippen LogP contribution >= 0.6 is 11.6 Å². The van der Waals surface area contributed by atoms with Crippen molar-refractivity contribution in [3.05, 3.63) is 29.4 Å². The summed E-state index contributed by atoms with van der Waals surface area (Å²) in [5, 5.41) is 7.29. The van der Waals surface area contributed by atoms with E-state index in [2.05, 4.69) is 10.2 Å². The van der Waals surface area contributed by atoms with E-state index in [-0.39, 0.29) is 0 Å². The summed E-state index contributed by atoms with van der Waals surface area (Å²) in [6, 6.07) is 5.33. The Bertz CT molecular complexity index is 481. The van der Waals surface area contributed by atoms with Crippen LogP contribution in [0.15, 0.2) is 24.4 Å². The maximum absolute atomic E-state index is 5.91. The molecule has 0 unspecified atom stereocenters. The van der Waals surface area contributed by atoms with Gasteiger partial charge in [-0.2, -0.15) is 5.10 Å². The van der Waals surface area contributed by atoms with Gasteiger partial charge in [0, 0.05) is 10.6 Å². The number of aromatic amines is 1. The van der Waals surface area contributed by atoms with Crippen LogP contribution in [0.4, 0.5) is 5.69 Å². The molecule has 2 rings (SSSR count). The molecule has 0 atom stereocenters. The lowest BCUT2D eigenvalue weighted by Crippen LogP contribution is -1.91. The van der Waals surface area contributed by atoms with Crippen molar-refractivity contribution < 1.29 is 4.74 Å². The molecule has 0 saturated heterocycles. The molecule has 78 valence electrons. The third-order valence-electron chi connectivity index (χ3n) is 2.10. The second-order valence-electron chi connectivity index (χ2n) is 3.04. The third-order valence-corrected chi connectivity index (χ3v) is 2.33. The van der Waals surface area contributed by atoms with Crippen molar-refractivity contribution in [2.45, 2.75) is 0 Å². The van der Waals surface area contributed by atoms with Crippen molar-refractivity contribution in [2.24, 2.45) is 0 Å². The average Bonchev–Trinajstić information content (AvgIpc) is 2.64.